The minimum atomic E-state index is -1.68. The zero-order valence-corrected chi connectivity index (χ0v) is 10.6. The van der Waals surface area contributed by atoms with Crippen LogP contribution in [0.3, 0.4) is 0 Å². The number of nitrogens with zero attached hydrogens (tertiary/aromatic N) is 1. The minimum absolute atomic E-state index is 0.0939. The Balaban J connectivity index is 2.40. The number of carbonyl (C=O) groups is 1. The van der Waals surface area contributed by atoms with Crippen LogP contribution >= 0.6 is 0 Å². The molecule has 3 N–H and O–H groups in total. The number of pyridine rings is 1. The summed E-state index contributed by atoms with van der Waals surface area (Å²) in [6.07, 6.45) is 0.921. The molecule has 8 heteroatoms. The smallest absolute Gasteiger partial charge is 0.449 e. The molecule has 0 radical (unpaired) electrons. The number of ether oxygens (including phenoxy) is 1. The normalized spacial score (nSPS) is 14.4. The molecule has 3 rings (SSSR count). The lowest BCUT2D eigenvalue weighted by molar-refractivity contribution is 0.143. The van der Waals surface area contributed by atoms with Crippen molar-refractivity contribution < 1.29 is 23.4 Å². The first-order chi connectivity index (χ1) is 9.90. The molecule has 1 aliphatic carbocycles. The Morgan fingerprint density at radius 2 is 2.10 bits per heavy atom. The van der Waals surface area contributed by atoms with E-state index in [1.54, 1.807) is 0 Å². The summed E-state index contributed by atoms with van der Waals surface area (Å²) in [4.78, 5) is 22.7. The summed E-state index contributed by atoms with van der Waals surface area (Å²) in [5.74, 6) is -2.60. The van der Waals surface area contributed by atoms with Crippen molar-refractivity contribution in [3.8, 4) is 5.75 Å². The summed E-state index contributed by atoms with van der Waals surface area (Å²) < 4.78 is 33.5. The van der Waals surface area contributed by atoms with E-state index in [1.807, 2.05) is 0 Å². The largest absolute Gasteiger partial charge is 0.511 e. The SMILES string of the molecule is Nc1c(F)cc2c(=O)c(OC(=O)O)cn(C3CC3)c2c1F. The van der Waals surface area contributed by atoms with E-state index >= 15 is 0 Å². The van der Waals surface area contributed by atoms with Gasteiger partial charge in [0.2, 0.25) is 5.43 Å². The van der Waals surface area contributed by atoms with Crippen molar-refractivity contribution in [2.45, 2.75) is 18.9 Å². The number of hydrogen-bond donors (Lipinski definition) is 2. The molecule has 21 heavy (non-hydrogen) atoms. The van der Waals surface area contributed by atoms with Crippen LogP contribution in [-0.4, -0.2) is 15.8 Å². The zero-order valence-electron chi connectivity index (χ0n) is 10.6. The molecule has 0 bridgehead atoms. The summed E-state index contributed by atoms with van der Waals surface area (Å²) >= 11 is 0. The van der Waals surface area contributed by atoms with Crippen LogP contribution in [0.25, 0.3) is 10.9 Å². The van der Waals surface area contributed by atoms with E-state index in [2.05, 4.69) is 4.74 Å². The van der Waals surface area contributed by atoms with Crippen LogP contribution in [0.4, 0.5) is 19.3 Å². The van der Waals surface area contributed by atoms with Crippen molar-refractivity contribution >= 4 is 22.7 Å². The van der Waals surface area contributed by atoms with Crippen LogP contribution < -0.4 is 15.9 Å². The van der Waals surface area contributed by atoms with Gasteiger partial charge in [0, 0.05) is 6.04 Å². The first kappa shape index (κ1) is 13.3. The van der Waals surface area contributed by atoms with E-state index in [-0.39, 0.29) is 16.9 Å². The fourth-order valence-corrected chi connectivity index (χ4v) is 2.24. The first-order valence-corrected chi connectivity index (χ1v) is 6.13. The Bertz CT molecular complexity index is 827. The van der Waals surface area contributed by atoms with Crippen LogP contribution in [0.1, 0.15) is 18.9 Å². The number of nitrogen functional groups attached to an aromatic ring is 1. The van der Waals surface area contributed by atoms with Crippen molar-refractivity contribution in [1.82, 2.24) is 4.57 Å². The number of aromatic nitrogens is 1. The van der Waals surface area contributed by atoms with Gasteiger partial charge in [0.05, 0.1) is 17.1 Å². The number of carboxylic acid groups (broad SMARTS) is 1. The average molecular weight is 296 g/mol. The third-order valence-corrected chi connectivity index (χ3v) is 3.35. The highest BCUT2D eigenvalue weighted by Gasteiger charge is 2.29. The molecule has 0 atom stereocenters. The van der Waals surface area contributed by atoms with Gasteiger partial charge in [-0.05, 0) is 18.9 Å². The lowest BCUT2D eigenvalue weighted by Gasteiger charge is -2.14. The highest BCUT2D eigenvalue weighted by Crippen LogP contribution is 2.39. The van der Waals surface area contributed by atoms with Crippen LogP contribution in [0, 0.1) is 11.6 Å². The quantitative estimate of drug-likeness (QED) is 0.654. The monoisotopic (exact) mass is 296 g/mol. The fraction of sp³-hybridized carbons (Fsp3) is 0.231. The van der Waals surface area contributed by atoms with Crippen molar-refractivity contribution in [3.63, 3.8) is 0 Å². The number of hydrogen-bond acceptors (Lipinski definition) is 4. The molecule has 110 valence electrons. The molecule has 0 saturated heterocycles. The molecule has 1 saturated carbocycles. The molecular formula is C13H10F2N2O4. The van der Waals surface area contributed by atoms with E-state index in [9.17, 15) is 18.4 Å². The molecule has 6 nitrogen and oxygen atoms in total. The number of fused-ring (bicyclic) bond motifs is 1. The Labute approximate surface area is 116 Å². The summed E-state index contributed by atoms with van der Waals surface area (Å²) in [6.45, 7) is 0. The van der Waals surface area contributed by atoms with E-state index in [1.165, 1.54) is 4.57 Å². The third-order valence-electron chi connectivity index (χ3n) is 3.35. The zero-order chi connectivity index (χ0) is 15.3. The van der Waals surface area contributed by atoms with Gasteiger partial charge in [0.1, 0.15) is 11.5 Å². The Hall–Kier alpha value is -2.64. The van der Waals surface area contributed by atoms with E-state index in [4.69, 9.17) is 10.8 Å². The number of benzene rings is 1. The van der Waals surface area contributed by atoms with Gasteiger partial charge in [-0.1, -0.05) is 0 Å². The molecule has 1 aromatic carbocycles. The topological polar surface area (TPSA) is 94.6 Å². The van der Waals surface area contributed by atoms with Crippen molar-refractivity contribution in [1.29, 1.82) is 0 Å². The van der Waals surface area contributed by atoms with Gasteiger partial charge in [-0.3, -0.25) is 4.79 Å². The standard InChI is InChI=1S/C13H10F2N2O4/c14-7-3-6-11(9(15)10(7)16)17(5-1-2-5)4-8(12(6)18)21-13(19)20/h3-5H,1-2,16H2,(H,19,20). The molecule has 1 aliphatic rings. The van der Waals surface area contributed by atoms with Crippen LogP contribution in [0.5, 0.6) is 5.75 Å². The predicted molar refractivity (Wildman–Crippen MR) is 69.5 cm³/mol. The highest BCUT2D eigenvalue weighted by molar-refractivity contribution is 5.85. The predicted octanol–water partition coefficient (Wildman–Crippen LogP) is 2.25. The second-order valence-corrected chi connectivity index (χ2v) is 4.81. The van der Waals surface area contributed by atoms with Crippen LogP contribution in [-0.2, 0) is 0 Å². The van der Waals surface area contributed by atoms with E-state index < -0.39 is 34.7 Å². The van der Waals surface area contributed by atoms with Gasteiger partial charge in [-0.15, -0.1) is 0 Å². The van der Waals surface area contributed by atoms with Crippen molar-refractivity contribution in [2.24, 2.45) is 0 Å². The second kappa shape index (κ2) is 4.44. The maximum absolute atomic E-state index is 14.2. The summed E-state index contributed by atoms with van der Waals surface area (Å²) in [5.41, 5.74) is 3.60. The molecule has 0 aliphatic heterocycles. The Morgan fingerprint density at radius 1 is 1.43 bits per heavy atom. The fourth-order valence-electron chi connectivity index (χ4n) is 2.24. The maximum Gasteiger partial charge on any atom is 0.511 e. The van der Waals surface area contributed by atoms with Gasteiger partial charge >= 0.3 is 6.16 Å². The van der Waals surface area contributed by atoms with E-state index in [0.29, 0.717) is 0 Å². The lowest BCUT2D eigenvalue weighted by Crippen LogP contribution is -2.17. The molecule has 0 amide bonds. The van der Waals surface area contributed by atoms with E-state index in [0.717, 1.165) is 25.1 Å². The van der Waals surface area contributed by atoms with Gasteiger partial charge < -0.3 is 20.1 Å². The Morgan fingerprint density at radius 3 is 2.67 bits per heavy atom. The molecular weight excluding hydrogens is 286 g/mol. The van der Waals surface area contributed by atoms with Gasteiger partial charge in [-0.25, -0.2) is 13.6 Å². The molecule has 2 aromatic rings. The second-order valence-electron chi connectivity index (χ2n) is 4.81. The average Bonchev–Trinajstić information content (AvgIpc) is 3.23. The van der Waals surface area contributed by atoms with Crippen molar-refractivity contribution in [2.75, 3.05) is 5.73 Å². The first-order valence-electron chi connectivity index (χ1n) is 6.13. The Kier molecular flexibility index (Phi) is 2.82. The molecule has 1 fully saturated rings. The van der Waals surface area contributed by atoms with Gasteiger partial charge in [0.25, 0.3) is 0 Å². The highest BCUT2D eigenvalue weighted by atomic mass is 19.1. The maximum atomic E-state index is 14.2. The van der Waals surface area contributed by atoms with Crippen LogP contribution in [0.2, 0.25) is 0 Å². The van der Waals surface area contributed by atoms with Gasteiger partial charge in [-0.2, -0.15) is 0 Å². The summed E-state index contributed by atoms with van der Waals surface area (Å²) in [7, 11) is 0. The molecule has 1 aromatic heterocycles. The molecule has 0 spiro atoms. The molecule has 0 unspecified atom stereocenters. The summed E-state index contributed by atoms with van der Waals surface area (Å²) in [6, 6.07) is 0.701. The lowest BCUT2D eigenvalue weighted by atomic mass is 10.1. The third kappa shape index (κ3) is 2.08. The van der Waals surface area contributed by atoms with Gasteiger partial charge in [0.15, 0.2) is 11.6 Å². The van der Waals surface area contributed by atoms with Crippen LogP contribution in [0.15, 0.2) is 17.1 Å². The van der Waals surface area contributed by atoms with Crippen molar-refractivity contribution in [3.05, 3.63) is 34.1 Å². The number of halogens is 2. The molecule has 1 heterocycles. The number of rotatable bonds is 2. The minimum Gasteiger partial charge on any atom is -0.449 e. The summed E-state index contributed by atoms with van der Waals surface area (Å²) in [5, 5.41) is 8.32. The number of nitrogens with two attached hydrogens (primary N) is 1. The number of anilines is 1.